The van der Waals surface area contributed by atoms with Gasteiger partial charge in [0.15, 0.2) is 5.75 Å². The highest BCUT2D eigenvalue weighted by atomic mass is 79.9. The number of fused-ring (bicyclic) bond motifs is 1. The van der Waals surface area contributed by atoms with Gasteiger partial charge in [-0.2, -0.15) is 0 Å². The number of benzene rings is 2. The zero-order valence-electron chi connectivity index (χ0n) is 11.7. The van der Waals surface area contributed by atoms with Crippen LogP contribution in [0.3, 0.4) is 0 Å². The van der Waals surface area contributed by atoms with Crippen LogP contribution in [0.4, 0.5) is 0 Å². The predicted molar refractivity (Wildman–Crippen MR) is 91.7 cm³/mol. The summed E-state index contributed by atoms with van der Waals surface area (Å²) in [7, 11) is 0. The third-order valence-corrected chi connectivity index (χ3v) is 4.04. The summed E-state index contributed by atoms with van der Waals surface area (Å²) in [4.78, 5) is 19.4. The van der Waals surface area contributed by atoms with Gasteiger partial charge in [0.05, 0.1) is 27.0 Å². The summed E-state index contributed by atoms with van der Waals surface area (Å²) in [5.74, 6) is 1.05. The highest BCUT2D eigenvalue weighted by molar-refractivity contribution is 9.10. The molecule has 3 rings (SSSR count). The van der Waals surface area contributed by atoms with E-state index in [1.165, 1.54) is 0 Å². The highest BCUT2D eigenvalue weighted by Crippen LogP contribution is 2.36. The highest BCUT2D eigenvalue weighted by Gasteiger charge is 2.12. The standard InChI is InChI=1S/C16H12BrClN2O2/c1-2-22-14-11(17)7-9(8-12(14)18)15-19-13-6-4-3-5-10(13)16(21)20-15/h3-8H,2H2,1H3,(H,19,20,21). The van der Waals surface area contributed by atoms with Crippen molar-refractivity contribution >= 4 is 38.4 Å². The molecule has 0 amide bonds. The number of nitrogens with zero attached hydrogens (tertiary/aromatic N) is 1. The van der Waals surface area contributed by atoms with E-state index in [4.69, 9.17) is 16.3 Å². The Labute approximate surface area is 140 Å². The van der Waals surface area contributed by atoms with Crippen LogP contribution in [-0.2, 0) is 0 Å². The molecule has 2 aromatic carbocycles. The number of ether oxygens (including phenoxy) is 1. The minimum atomic E-state index is -0.179. The van der Waals surface area contributed by atoms with E-state index < -0.39 is 0 Å². The summed E-state index contributed by atoms with van der Waals surface area (Å²) in [5.41, 5.74) is 1.17. The lowest BCUT2D eigenvalue weighted by Crippen LogP contribution is -2.09. The lowest BCUT2D eigenvalue weighted by atomic mass is 10.2. The average molecular weight is 380 g/mol. The molecule has 0 saturated heterocycles. The van der Waals surface area contributed by atoms with Crippen LogP contribution in [-0.4, -0.2) is 16.6 Å². The fourth-order valence-corrected chi connectivity index (χ4v) is 3.16. The molecular weight excluding hydrogens is 368 g/mol. The Morgan fingerprint density at radius 1 is 1.32 bits per heavy atom. The minimum absolute atomic E-state index is 0.179. The Hall–Kier alpha value is -1.85. The SMILES string of the molecule is CCOc1c(Cl)cc(-c2nc3ccccc3c(=O)[nH]2)cc1Br. The lowest BCUT2D eigenvalue weighted by molar-refractivity contribution is 0.338. The maximum Gasteiger partial charge on any atom is 0.259 e. The van der Waals surface area contributed by atoms with Gasteiger partial charge in [-0.15, -0.1) is 0 Å². The Morgan fingerprint density at radius 3 is 2.82 bits per heavy atom. The second kappa shape index (κ2) is 6.10. The number of aromatic nitrogens is 2. The first-order valence-corrected chi connectivity index (χ1v) is 7.88. The molecule has 22 heavy (non-hydrogen) atoms. The number of para-hydroxylation sites is 1. The fourth-order valence-electron chi connectivity index (χ4n) is 2.20. The molecule has 0 aliphatic heterocycles. The van der Waals surface area contributed by atoms with E-state index in [2.05, 4.69) is 25.9 Å². The summed E-state index contributed by atoms with van der Waals surface area (Å²) >= 11 is 9.68. The molecule has 0 radical (unpaired) electrons. The summed E-state index contributed by atoms with van der Waals surface area (Å²) in [6.07, 6.45) is 0. The van der Waals surface area contributed by atoms with Gasteiger partial charge in [-0.05, 0) is 47.1 Å². The normalized spacial score (nSPS) is 10.9. The van der Waals surface area contributed by atoms with Crippen LogP contribution in [0.25, 0.3) is 22.3 Å². The van der Waals surface area contributed by atoms with E-state index in [0.29, 0.717) is 44.1 Å². The van der Waals surface area contributed by atoms with Gasteiger partial charge in [0.25, 0.3) is 5.56 Å². The van der Waals surface area contributed by atoms with Crippen LogP contribution in [0.5, 0.6) is 5.75 Å². The monoisotopic (exact) mass is 378 g/mol. The van der Waals surface area contributed by atoms with E-state index in [1.54, 1.807) is 18.2 Å². The van der Waals surface area contributed by atoms with Crippen molar-refractivity contribution in [3.63, 3.8) is 0 Å². The average Bonchev–Trinajstić information content (AvgIpc) is 2.50. The van der Waals surface area contributed by atoms with E-state index >= 15 is 0 Å². The second-order valence-corrected chi connectivity index (χ2v) is 5.90. The molecule has 0 saturated carbocycles. The second-order valence-electron chi connectivity index (χ2n) is 4.63. The largest absolute Gasteiger partial charge is 0.491 e. The molecule has 0 spiro atoms. The van der Waals surface area contributed by atoms with Gasteiger partial charge in [-0.25, -0.2) is 4.98 Å². The summed E-state index contributed by atoms with van der Waals surface area (Å²) < 4.78 is 6.20. The number of rotatable bonds is 3. The topological polar surface area (TPSA) is 55.0 Å². The molecule has 0 atom stereocenters. The van der Waals surface area contributed by atoms with Gasteiger partial charge in [0, 0.05) is 5.56 Å². The lowest BCUT2D eigenvalue weighted by Gasteiger charge is -2.10. The van der Waals surface area contributed by atoms with Crippen LogP contribution < -0.4 is 10.3 Å². The molecule has 1 heterocycles. The van der Waals surface area contributed by atoms with E-state index in [-0.39, 0.29) is 5.56 Å². The minimum Gasteiger partial charge on any atom is -0.491 e. The van der Waals surface area contributed by atoms with Gasteiger partial charge in [-0.3, -0.25) is 4.79 Å². The van der Waals surface area contributed by atoms with Crippen molar-refractivity contribution in [3.05, 3.63) is 56.2 Å². The third kappa shape index (κ3) is 2.74. The number of H-pyrrole nitrogens is 1. The fraction of sp³-hybridized carbons (Fsp3) is 0.125. The van der Waals surface area contributed by atoms with Crippen molar-refractivity contribution in [2.45, 2.75) is 6.92 Å². The molecule has 4 nitrogen and oxygen atoms in total. The smallest absolute Gasteiger partial charge is 0.259 e. The Morgan fingerprint density at radius 2 is 2.09 bits per heavy atom. The van der Waals surface area contributed by atoms with Gasteiger partial charge in [0.2, 0.25) is 0 Å². The Bertz CT molecular complexity index is 885. The van der Waals surface area contributed by atoms with Gasteiger partial charge >= 0.3 is 0 Å². The third-order valence-electron chi connectivity index (χ3n) is 3.17. The molecular formula is C16H12BrClN2O2. The van der Waals surface area contributed by atoms with Crippen molar-refractivity contribution in [1.29, 1.82) is 0 Å². The van der Waals surface area contributed by atoms with Crippen LogP contribution in [0.15, 0.2) is 45.7 Å². The van der Waals surface area contributed by atoms with Crippen LogP contribution >= 0.6 is 27.5 Å². The van der Waals surface area contributed by atoms with Crippen molar-refractivity contribution in [1.82, 2.24) is 9.97 Å². The number of nitrogens with one attached hydrogen (secondary N) is 1. The molecule has 112 valence electrons. The van der Waals surface area contributed by atoms with Gasteiger partial charge < -0.3 is 9.72 Å². The van der Waals surface area contributed by atoms with E-state index in [0.717, 1.165) is 0 Å². The molecule has 1 N–H and O–H groups in total. The van der Waals surface area contributed by atoms with Gasteiger partial charge in [0.1, 0.15) is 5.82 Å². The van der Waals surface area contributed by atoms with Crippen molar-refractivity contribution in [3.8, 4) is 17.1 Å². The van der Waals surface area contributed by atoms with Crippen molar-refractivity contribution in [2.75, 3.05) is 6.61 Å². The van der Waals surface area contributed by atoms with Crippen LogP contribution in [0.2, 0.25) is 5.02 Å². The number of halogens is 2. The van der Waals surface area contributed by atoms with E-state index in [9.17, 15) is 4.79 Å². The zero-order chi connectivity index (χ0) is 15.7. The first-order chi connectivity index (χ1) is 10.6. The maximum atomic E-state index is 12.1. The van der Waals surface area contributed by atoms with Crippen LogP contribution in [0, 0.1) is 0 Å². The number of hydrogen-bond acceptors (Lipinski definition) is 3. The molecule has 0 aliphatic carbocycles. The summed E-state index contributed by atoms with van der Waals surface area (Å²) in [6.45, 7) is 2.40. The van der Waals surface area contributed by atoms with Crippen molar-refractivity contribution in [2.24, 2.45) is 0 Å². The molecule has 0 unspecified atom stereocenters. The molecule has 1 aromatic heterocycles. The molecule has 6 heteroatoms. The predicted octanol–water partition coefficient (Wildman–Crippen LogP) is 4.40. The van der Waals surface area contributed by atoms with Crippen molar-refractivity contribution < 1.29 is 4.74 Å². The van der Waals surface area contributed by atoms with E-state index in [1.807, 2.05) is 25.1 Å². The quantitative estimate of drug-likeness (QED) is 0.733. The summed E-state index contributed by atoms with van der Waals surface area (Å²) in [6, 6.07) is 10.8. The zero-order valence-corrected chi connectivity index (χ0v) is 14.0. The Kier molecular flexibility index (Phi) is 4.18. The van der Waals surface area contributed by atoms with Gasteiger partial charge in [-0.1, -0.05) is 23.7 Å². The maximum absolute atomic E-state index is 12.1. The molecule has 0 bridgehead atoms. The summed E-state index contributed by atoms with van der Waals surface area (Å²) in [5, 5.41) is 1.02. The first kappa shape index (κ1) is 15.1. The number of hydrogen-bond donors (Lipinski definition) is 1. The Balaban J connectivity index is 2.17. The molecule has 0 aliphatic rings. The number of aromatic amines is 1. The molecule has 3 aromatic rings. The molecule has 0 fully saturated rings. The first-order valence-electron chi connectivity index (χ1n) is 6.71. The van der Waals surface area contributed by atoms with Crippen LogP contribution in [0.1, 0.15) is 6.92 Å².